The molecule has 0 aliphatic carbocycles. The van der Waals surface area contributed by atoms with Crippen LogP contribution < -0.4 is 5.73 Å². The molecule has 1 fully saturated rings. The first kappa shape index (κ1) is 15.9. The van der Waals surface area contributed by atoms with Gasteiger partial charge < -0.3 is 20.3 Å². The number of rotatable bonds is 5. The van der Waals surface area contributed by atoms with Gasteiger partial charge in [0.2, 0.25) is 0 Å². The number of hydrogen-bond donors (Lipinski definition) is 2. The van der Waals surface area contributed by atoms with Gasteiger partial charge in [0.25, 0.3) is 0 Å². The average Bonchev–Trinajstić information content (AvgIpc) is 3.21. The molecule has 3 heterocycles. The molecule has 8 nitrogen and oxygen atoms in total. The largest absolute Gasteiger partial charge is 0.390 e. The lowest BCUT2D eigenvalue weighted by molar-refractivity contribution is -0.0646. The van der Waals surface area contributed by atoms with Crippen molar-refractivity contribution in [1.82, 2.24) is 19.5 Å². The van der Waals surface area contributed by atoms with Crippen LogP contribution in [0.5, 0.6) is 0 Å². The summed E-state index contributed by atoms with van der Waals surface area (Å²) >= 11 is 0. The van der Waals surface area contributed by atoms with Crippen molar-refractivity contribution in [1.29, 1.82) is 0 Å². The average molecular weight is 341 g/mol. The fourth-order valence-corrected chi connectivity index (χ4v) is 2.98. The highest BCUT2D eigenvalue weighted by Crippen LogP contribution is 2.31. The predicted octanol–water partition coefficient (Wildman–Crippen LogP) is 1.27. The first-order valence-corrected chi connectivity index (χ1v) is 8.10. The number of aliphatic hydroxyl groups is 1. The van der Waals surface area contributed by atoms with E-state index in [0.717, 1.165) is 5.56 Å². The summed E-state index contributed by atoms with van der Waals surface area (Å²) in [6.07, 6.45) is 2.07. The number of benzene rings is 1. The minimum Gasteiger partial charge on any atom is -0.390 e. The summed E-state index contributed by atoms with van der Waals surface area (Å²) in [5.41, 5.74) is 8.01. The Bertz CT molecular complexity index is 854. The molecule has 8 heteroatoms. The quantitative estimate of drug-likeness (QED) is 0.719. The Labute approximate surface area is 144 Å². The first-order valence-electron chi connectivity index (χ1n) is 8.10. The Morgan fingerprint density at radius 1 is 1.24 bits per heavy atom. The number of hydrogen-bond acceptors (Lipinski definition) is 7. The number of aliphatic hydroxyl groups excluding tert-OH is 1. The molecular weight excluding hydrogens is 322 g/mol. The number of nitrogen functional groups attached to an aromatic ring is 1. The molecule has 3 aromatic rings. The number of anilines is 1. The van der Waals surface area contributed by atoms with Gasteiger partial charge in [-0.2, -0.15) is 0 Å². The topological polar surface area (TPSA) is 108 Å². The summed E-state index contributed by atoms with van der Waals surface area (Å²) in [7, 11) is 0. The molecule has 1 aliphatic rings. The molecule has 1 aliphatic heterocycles. The van der Waals surface area contributed by atoms with Crippen molar-refractivity contribution in [2.45, 2.75) is 31.5 Å². The van der Waals surface area contributed by atoms with E-state index in [2.05, 4.69) is 15.0 Å². The molecule has 0 radical (unpaired) electrons. The monoisotopic (exact) mass is 341 g/mol. The molecule has 0 amide bonds. The number of aromatic nitrogens is 4. The molecule has 25 heavy (non-hydrogen) atoms. The molecule has 3 atom stereocenters. The Morgan fingerprint density at radius 2 is 2.08 bits per heavy atom. The molecule has 0 unspecified atom stereocenters. The molecule has 1 saturated heterocycles. The Morgan fingerprint density at radius 3 is 2.92 bits per heavy atom. The fraction of sp³-hybridized carbons (Fsp3) is 0.353. The third-order valence-electron chi connectivity index (χ3n) is 4.30. The van der Waals surface area contributed by atoms with Crippen molar-refractivity contribution < 1.29 is 14.6 Å². The van der Waals surface area contributed by atoms with Crippen LogP contribution in [0.3, 0.4) is 0 Å². The summed E-state index contributed by atoms with van der Waals surface area (Å²) in [5, 5.41) is 10.3. The van der Waals surface area contributed by atoms with Crippen LogP contribution in [0.4, 0.5) is 5.82 Å². The van der Waals surface area contributed by atoms with E-state index in [1.54, 1.807) is 10.9 Å². The standard InChI is InChI=1S/C17H19N5O3/c18-16-15-17(20-9-19-16)22(10-21-15)14-6-12(23)13(25-14)8-24-7-11-4-2-1-3-5-11/h1-5,9-10,12-14,23H,6-8H2,(H2,18,19,20)/t12-,13+,14+/m0/s1. The lowest BCUT2D eigenvalue weighted by Gasteiger charge is -2.16. The van der Waals surface area contributed by atoms with E-state index in [0.29, 0.717) is 36.6 Å². The second-order valence-corrected chi connectivity index (χ2v) is 6.02. The van der Waals surface area contributed by atoms with Crippen LogP contribution in [-0.2, 0) is 16.1 Å². The van der Waals surface area contributed by atoms with E-state index in [4.69, 9.17) is 15.2 Å². The van der Waals surface area contributed by atoms with Crippen molar-refractivity contribution in [2.24, 2.45) is 0 Å². The highest BCUT2D eigenvalue weighted by Gasteiger charge is 2.36. The predicted molar refractivity (Wildman–Crippen MR) is 90.4 cm³/mol. The molecule has 2 aromatic heterocycles. The summed E-state index contributed by atoms with van der Waals surface area (Å²) < 4.78 is 13.4. The van der Waals surface area contributed by atoms with E-state index in [9.17, 15) is 5.11 Å². The summed E-state index contributed by atoms with van der Waals surface area (Å²) in [5.74, 6) is 0.324. The second-order valence-electron chi connectivity index (χ2n) is 6.02. The maximum absolute atomic E-state index is 10.3. The second kappa shape index (κ2) is 6.75. The van der Waals surface area contributed by atoms with Crippen LogP contribution in [0.2, 0.25) is 0 Å². The molecule has 3 N–H and O–H groups in total. The Kier molecular flexibility index (Phi) is 4.31. The third-order valence-corrected chi connectivity index (χ3v) is 4.30. The van der Waals surface area contributed by atoms with Crippen molar-refractivity contribution in [3.63, 3.8) is 0 Å². The van der Waals surface area contributed by atoms with Gasteiger partial charge in [0.05, 0.1) is 25.6 Å². The summed E-state index contributed by atoms with van der Waals surface area (Å²) in [4.78, 5) is 12.4. The number of fused-ring (bicyclic) bond motifs is 1. The van der Waals surface area contributed by atoms with Crippen LogP contribution >= 0.6 is 0 Å². The van der Waals surface area contributed by atoms with Crippen LogP contribution in [-0.4, -0.2) is 43.4 Å². The minimum absolute atomic E-state index is 0.316. The normalized spacial score (nSPS) is 23.3. The highest BCUT2D eigenvalue weighted by molar-refractivity contribution is 5.81. The SMILES string of the molecule is Nc1ncnc2c1ncn2[C@H]1C[C@H](O)[C@@H](COCc2ccccc2)O1. The maximum atomic E-state index is 10.3. The van der Waals surface area contributed by atoms with Gasteiger partial charge >= 0.3 is 0 Å². The van der Waals surface area contributed by atoms with Gasteiger partial charge in [-0.05, 0) is 5.56 Å². The number of ether oxygens (including phenoxy) is 2. The summed E-state index contributed by atoms with van der Waals surface area (Å²) in [6.45, 7) is 0.798. The van der Waals surface area contributed by atoms with Gasteiger partial charge in [-0.15, -0.1) is 0 Å². The minimum atomic E-state index is -0.614. The molecule has 130 valence electrons. The van der Waals surface area contributed by atoms with Crippen LogP contribution in [0.25, 0.3) is 11.2 Å². The van der Waals surface area contributed by atoms with E-state index >= 15 is 0 Å². The van der Waals surface area contributed by atoms with E-state index < -0.39 is 12.2 Å². The third kappa shape index (κ3) is 3.19. The molecule has 0 bridgehead atoms. The zero-order valence-corrected chi connectivity index (χ0v) is 13.5. The molecule has 4 rings (SSSR count). The summed E-state index contributed by atoms with van der Waals surface area (Å²) in [6, 6.07) is 9.89. The van der Waals surface area contributed by atoms with E-state index in [1.807, 2.05) is 30.3 Å². The van der Waals surface area contributed by atoms with Gasteiger partial charge in [-0.3, -0.25) is 4.57 Å². The highest BCUT2D eigenvalue weighted by atomic mass is 16.6. The fourth-order valence-electron chi connectivity index (χ4n) is 2.98. The number of nitrogens with two attached hydrogens (primary N) is 1. The Balaban J connectivity index is 1.41. The lowest BCUT2D eigenvalue weighted by atomic mass is 10.2. The smallest absolute Gasteiger partial charge is 0.167 e. The molecule has 0 saturated carbocycles. The number of imidazole rings is 1. The van der Waals surface area contributed by atoms with Gasteiger partial charge in [-0.25, -0.2) is 15.0 Å². The number of nitrogens with zero attached hydrogens (tertiary/aromatic N) is 4. The molecule has 0 spiro atoms. The van der Waals surface area contributed by atoms with Gasteiger partial charge in [0.1, 0.15) is 24.2 Å². The van der Waals surface area contributed by atoms with Gasteiger partial charge in [0, 0.05) is 6.42 Å². The van der Waals surface area contributed by atoms with E-state index in [-0.39, 0.29) is 6.23 Å². The maximum Gasteiger partial charge on any atom is 0.167 e. The van der Waals surface area contributed by atoms with Crippen LogP contribution in [0.15, 0.2) is 43.0 Å². The molecular formula is C17H19N5O3. The van der Waals surface area contributed by atoms with E-state index in [1.165, 1.54) is 6.33 Å². The molecule has 1 aromatic carbocycles. The van der Waals surface area contributed by atoms with Crippen molar-refractivity contribution in [2.75, 3.05) is 12.3 Å². The van der Waals surface area contributed by atoms with Gasteiger partial charge in [0.15, 0.2) is 11.5 Å². The van der Waals surface area contributed by atoms with Crippen molar-refractivity contribution in [3.05, 3.63) is 48.5 Å². The van der Waals surface area contributed by atoms with Crippen LogP contribution in [0.1, 0.15) is 18.2 Å². The van der Waals surface area contributed by atoms with Crippen LogP contribution in [0, 0.1) is 0 Å². The van der Waals surface area contributed by atoms with Crippen molar-refractivity contribution >= 4 is 17.0 Å². The van der Waals surface area contributed by atoms with Crippen molar-refractivity contribution in [3.8, 4) is 0 Å². The zero-order chi connectivity index (χ0) is 17.2. The Hall–Kier alpha value is -2.55. The lowest BCUT2D eigenvalue weighted by Crippen LogP contribution is -2.26. The van der Waals surface area contributed by atoms with Gasteiger partial charge in [-0.1, -0.05) is 30.3 Å². The first-order chi connectivity index (χ1) is 12.2. The zero-order valence-electron chi connectivity index (χ0n) is 13.5.